The molecule has 16 nitrogen and oxygen atoms in total. The molecule has 0 aliphatic carbocycles. The van der Waals surface area contributed by atoms with Gasteiger partial charge >= 0.3 is 25.7 Å². The summed E-state index contributed by atoms with van der Waals surface area (Å²) in [6.07, 6.45) is 1.40. The lowest BCUT2D eigenvalue weighted by Crippen LogP contribution is -2.55. The van der Waals surface area contributed by atoms with E-state index in [2.05, 4.69) is 15.2 Å². The van der Waals surface area contributed by atoms with Crippen LogP contribution in [0.25, 0.3) is 5.52 Å². The molecule has 0 saturated carbocycles. The summed E-state index contributed by atoms with van der Waals surface area (Å²) in [6.45, 7) is 10.2. The molecule has 17 heteroatoms. The molecular weight excluding hydrogens is 697 g/mol. The van der Waals surface area contributed by atoms with Crippen molar-refractivity contribution in [3.8, 4) is 5.75 Å². The van der Waals surface area contributed by atoms with E-state index in [9.17, 15) is 18.9 Å². The summed E-state index contributed by atoms with van der Waals surface area (Å²) in [5.41, 5.74) is 3.45. The number of esters is 3. The number of nitrogens with zero attached hydrogens (tertiary/aromatic N) is 3. The number of aromatic nitrogens is 3. The zero-order valence-electron chi connectivity index (χ0n) is 30.3. The third kappa shape index (κ3) is 8.75. The summed E-state index contributed by atoms with van der Waals surface area (Å²) < 4.78 is 57.6. The van der Waals surface area contributed by atoms with Gasteiger partial charge in [0.05, 0.1) is 37.4 Å². The Labute approximate surface area is 302 Å². The van der Waals surface area contributed by atoms with Crippen molar-refractivity contribution < 1.29 is 51.7 Å². The average Bonchev–Trinajstić information content (AvgIpc) is 3.68. The molecule has 0 bridgehead atoms. The van der Waals surface area contributed by atoms with Gasteiger partial charge in [0.1, 0.15) is 29.2 Å². The fourth-order valence-corrected chi connectivity index (χ4v) is 7.46. The molecule has 2 saturated heterocycles. The highest BCUT2D eigenvalue weighted by molar-refractivity contribution is 7.52. The molecule has 2 fully saturated rings. The van der Waals surface area contributed by atoms with E-state index in [0.29, 0.717) is 24.4 Å². The van der Waals surface area contributed by atoms with Gasteiger partial charge in [0, 0.05) is 13.2 Å². The number of hydrogen-bond donors (Lipinski definition) is 2. The number of nitrogens with one attached hydrogen (secondary N) is 1. The summed E-state index contributed by atoms with van der Waals surface area (Å²) in [7, 11) is -4.41. The van der Waals surface area contributed by atoms with Crippen LogP contribution in [0.15, 0.2) is 48.8 Å². The first kappa shape index (κ1) is 39.1. The molecule has 1 aromatic carbocycles. The maximum Gasteiger partial charge on any atom is 0.459 e. The number of benzene rings is 1. The highest BCUT2D eigenvalue weighted by Gasteiger charge is 2.64. The van der Waals surface area contributed by atoms with Crippen LogP contribution >= 0.6 is 7.75 Å². The van der Waals surface area contributed by atoms with Crippen LogP contribution in [0.4, 0.5) is 5.82 Å². The normalized spacial score (nSPS) is 24.0. The predicted molar refractivity (Wildman–Crippen MR) is 187 cm³/mol. The molecule has 52 heavy (non-hydrogen) atoms. The van der Waals surface area contributed by atoms with Crippen LogP contribution in [0.5, 0.6) is 5.75 Å². The lowest BCUT2D eigenvalue weighted by molar-refractivity contribution is -0.193. The number of para-hydroxylation sites is 1. The van der Waals surface area contributed by atoms with Crippen LogP contribution in [0.2, 0.25) is 0 Å². The van der Waals surface area contributed by atoms with Gasteiger partial charge in [-0.25, -0.2) is 14.1 Å². The quantitative estimate of drug-likeness (QED) is 0.127. The molecule has 0 radical (unpaired) electrons. The number of anilines is 1. The van der Waals surface area contributed by atoms with Crippen LogP contribution in [0, 0.1) is 17.8 Å². The minimum atomic E-state index is -4.41. The van der Waals surface area contributed by atoms with Gasteiger partial charge in [-0.3, -0.25) is 18.9 Å². The largest absolute Gasteiger partial charge is 0.464 e. The molecule has 3 aromatic rings. The van der Waals surface area contributed by atoms with Gasteiger partial charge in [-0.1, -0.05) is 45.9 Å². The van der Waals surface area contributed by atoms with E-state index in [1.54, 1.807) is 77.1 Å². The number of nitrogen functional groups attached to an aromatic ring is 1. The lowest BCUT2D eigenvalue weighted by Gasteiger charge is -2.38. The second-order valence-corrected chi connectivity index (χ2v) is 15.6. The first-order valence-corrected chi connectivity index (χ1v) is 18.9. The first-order chi connectivity index (χ1) is 24.7. The number of carbonyl (C=O) groups excluding carboxylic acids is 3. The molecule has 2 aromatic heterocycles. The number of fused-ring (bicyclic) bond motifs is 1. The van der Waals surface area contributed by atoms with Crippen molar-refractivity contribution in [3.05, 3.63) is 54.5 Å². The maximum atomic E-state index is 14.5. The third-order valence-electron chi connectivity index (χ3n) is 8.97. The van der Waals surface area contributed by atoms with Gasteiger partial charge in [0.25, 0.3) is 0 Å². The lowest BCUT2D eigenvalue weighted by atomic mass is 9.85. The van der Waals surface area contributed by atoms with Gasteiger partial charge in [0.15, 0.2) is 11.9 Å². The Balaban J connectivity index is 1.48. The van der Waals surface area contributed by atoms with Crippen molar-refractivity contribution in [2.45, 2.75) is 77.7 Å². The van der Waals surface area contributed by atoms with Crippen molar-refractivity contribution >= 4 is 37.0 Å². The number of carbonyl (C=O) groups is 3. The summed E-state index contributed by atoms with van der Waals surface area (Å²) in [6, 6.07) is 10.4. The van der Waals surface area contributed by atoms with Crippen molar-refractivity contribution in [2.24, 2.45) is 17.8 Å². The Morgan fingerprint density at radius 1 is 1.02 bits per heavy atom. The summed E-state index contributed by atoms with van der Waals surface area (Å²) >= 11 is 0. The molecule has 0 amide bonds. The zero-order valence-corrected chi connectivity index (χ0v) is 31.2. The number of rotatable bonds is 15. The number of ether oxygens (including phenoxy) is 5. The van der Waals surface area contributed by atoms with E-state index in [4.69, 9.17) is 38.5 Å². The first-order valence-electron chi connectivity index (χ1n) is 17.3. The Morgan fingerprint density at radius 3 is 2.38 bits per heavy atom. The minimum Gasteiger partial charge on any atom is -0.464 e. The summed E-state index contributed by atoms with van der Waals surface area (Å²) in [5.74, 6) is -2.54. The van der Waals surface area contributed by atoms with Crippen LogP contribution in [-0.2, 0) is 52.8 Å². The van der Waals surface area contributed by atoms with E-state index in [1.807, 2.05) is 0 Å². The van der Waals surface area contributed by atoms with Gasteiger partial charge in [0.2, 0.25) is 5.60 Å². The Hall–Kier alpha value is -4.08. The highest BCUT2D eigenvalue weighted by atomic mass is 31.2. The van der Waals surface area contributed by atoms with Gasteiger partial charge in [-0.2, -0.15) is 10.2 Å². The fraction of sp³-hybridized carbons (Fsp3) is 0.571. The van der Waals surface area contributed by atoms with E-state index < -0.39 is 67.4 Å². The summed E-state index contributed by atoms with van der Waals surface area (Å²) in [5, 5.41) is 7.05. The Bertz CT molecular complexity index is 1770. The predicted octanol–water partition coefficient (Wildman–Crippen LogP) is 4.21. The smallest absolute Gasteiger partial charge is 0.459 e. The molecular formula is C35H48N5O11P. The zero-order chi connectivity index (χ0) is 37.7. The minimum absolute atomic E-state index is 0.157. The molecule has 4 heterocycles. The summed E-state index contributed by atoms with van der Waals surface area (Å²) in [4.78, 5) is 43.9. The number of hydrogen-bond acceptors (Lipinski definition) is 14. The Kier molecular flexibility index (Phi) is 12.3. The average molecular weight is 746 g/mol. The van der Waals surface area contributed by atoms with Crippen molar-refractivity contribution in [1.29, 1.82) is 0 Å². The third-order valence-corrected chi connectivity index (χ3v) is 10.6. The standard InChI is InChI=1S/C35H48N5O11P/c1-22(2)30(41)49-33-34(6,47-20-35(33,50-31(42)23(3)4)28-13-12-27-29(36)37-21-38-40(27)28)19-48-52(44,51-26-10-8-7-9-11-26)39-24(5)32(43)46-18-25-14-16-45-17-15-25/h7-13,21-25,33H,14-20H2,1-6H3,(H,39,44)(H2,36,37,38)/t24-,33+,34+,35-,52?/m0/s1. The molecule has 5 atom stereocenters. The van der Waals surface area contributed by atoms with Crippen molar-refractivity contribution in [3.63, 3.8) is 0 Å². The molecule has 5 rings (SSSR count). The Morgan fingerprint density at radius 2 is 1.71 bits per heavy atom. The van der Waals surface area contributed by atoms with E-state index in [-0.39, 0.29) is 30.7 Å². The van der Waals surface area contributed by atoms with Crippen LogP contribution in [0.3, 0.4) is 0 Å². The fourth-order valence-electron chi connectivity index (χ4n) is 5.87. The van der Waals surface area contributed by atoms with Crippen LogP contribution in [0.1, 0.15) is 60.1 Å². The second-order valence-electron chi connectivity index (χ2n) is 13.9. The van der Waals surface area contributed by atoms with Gasteiger partial charge < -0.3 is 33.9 Å². The SMILES string of the molecule is CC(C)C(=O)O[C@@H]1[C@@](C)(COP(=O)(N[C@@H](C)C(=O)OCC2CCOCC2)Oc2ccccc2)OC[C@]1(OC(=O)C(C)C)c1ccc2c(N)ncnn12. The molecule has 284 valence electrons. The monoisotopic (exact) mass is 745 g/mol. The topological polar surface area (TPSA) is 201 Å². The van der Waals surface area contributed by atoms with Gasteiger partial charge in [-0.05, 0) is 56.9 Å². The molecule has 0 spiro atoms. The van der Waals surface area contributed by atoms with E-state index in [0.717, 1.165) is 12.8 Å². The van der Waals surface area contributed by atoms with Crippen LogP contribution < -0.4 is 15.3 Å². The molecule has 1 unspecified atom stereocenters. The maximum absolute atomic E-state index is 14.5. The molecule has 2 aliphatic rings. The molecule has 3 N–H and O–H groups in total. The van der Waals surface area contributed by atoms with Crippen LogP contribution in [-0.4, -0.2) is 83.3 Å². The highest BCUT2D eigenvalue weighted by Crippen LogP contribution is 2.51. The molecule has 2 aliphatic heterocycles. The van der Waals surface area contributed by atoms with E-state index in [1.165, 1.54) is 17.8 Å². The van der Waals surface area contributed by atoms with Crippen molar-refractivity contribution in [1.82, 2.24) is 19.7 Å². The van der Waals surface area contributed by atoms with Crippen molar-refractivity contribution in [2.75, 3.05) is 38.8 Å². The van der Waals surface area contributed by atoms with Gasteiger partial charge in [-0.15, -0.1) is 0 Å². The number of nitrogens with two attached hydrogens (primary N) is 1. The van der Waals surface area contributed by atoms with E-state index >= 15 is 0 Å². The second kappa shape index (κ2) is 16.3.